The lowest BCUT2D eigenvalue weighted by Gasteiger charge is -2.22. The summed E-state index contributed by atoms with van der Waals surface area (Å²) in [7, 11) is 0. The smallest absolute Gasteiger partial charge is 0.261 e. The third kappa shape index (κ3) is 2.73. The molecule has 0 radical (unpaired) electrons. The fraction of sp³-hybridized carbons (Fsp3) is 0.467. The molecule has 1 amide bonds. The first-order chi connectivity index (χ1) is 10.1. The van der Waals surface area contributed by atoms with Gasteiger partial charge in [0, 0.05) is 17.3 Å². The van der Waals surface area contributed by atoms with Gasteiger partial charge in [-0.05, 0) is 38.8 Å². The van der Waals surface area contributed by atoms with Crippen molar-refractivity contribution in [3.05, 3.63) is 40.1 Å². The van der Waals surface area contributed by atoms with Gasteiger partial charge < -0.3 is 15.0 Å². The zero-order chi connectivity index (χ0) is 15.0. The van der Waals surface area contributed by atoms with E-state index in [1.807, 2.05) is 36.7 Å². The summed E-state index contributed by atoms with van der Waals surface area (Å²) in [4.78, 5) is 18.2. The molecule has 2 aromatic rings. The van der Waals surface area contributed by atoms with Crippen LogP contribution in [0.1, 0.15) is 39.3 Å². The van der Waals surface area contributed by atoms with Crippen molar-refractivity contribution in [1.29, 1.82) is 0 Å². The van der Waals surface area contributed by atoms with Crippen LogP contribution in [-0.2, 0) is 0 Å². The lowest BCUT2D eigenvalue weighted by atomic mass is 10.1. The predicted octanol–water partition coefficient (Wildman–Crippen LogP) is 2.06. The summed E-state index contributed by atoms with van der Waals surface area (Å²) in [5, 5.41) is 13.4. The number of aliphatic hydroxyl groups is 1. The normalized spacial score (nSPS) is 25.2. The largest absolute Gasteiger partial charge is 0.389 e. The highest BCUT2D eigenvalue weighted by Gasteiger charge is 2.37. The Bertz CT molecular complexity index is 649. The number of hydrogen-bond acceptors (Lipinski definition) is 4. The number of aromatic nitrogens is 2. The second-order valence-corrected chi connectivity index (χ2v) is 6.80. The fourth-order valence-electron chi connectivity index (χ4n) is 2.96. The van der Waals surface area contributed by atoms with Gasteiger partial charge in [-0.25, -0.2) is 4.98 Å². The first kappa shape index (κ1) is 14.3. The lowest BCUT2D eigenvalue weighted by Crippen LogP contribution is -2.41. The molecule has 0 bridgehead atoms. The molecule has 2 N–H and O–H groups in total. The van der Waals surface area contributed by atoms with Gasteiger partial charge >= 0.3 is 0 Å². The Labute approximate surface area is 127 Å². The van der Waals surface area contributed by atoms with E-state index in [1.54, 1.807) is 6.20 Å². The average molecular weight is 305 g/mol. The molecular weight excluding hydrogens is 286 g/mol. The molecule has 112 valence electrons. The van der Waals surface area contributed by atoms with Crippen molar-refractivity contribution >= 4 is 17.2 Å². The van der Waals surface area contributed by atoms with Crippen LogP contribution in [0.25, 0.3) is 0 Å². The maximum absolute atomic E-state index is 12.2. The van der Waals surface area contributed by atoms with E-state index in [1.165, 1.54) is 11.3 Å². The summed E-state index contributed by atoms with van der Waals surface area (Å²) in [5.41, 5.74) is 0. The van der Waals surface area contributed by atoms with E-state index in [-0.39, 0.29) is 18.0 Å². The topological polar surface area (TPSA) is 67.2 Å². The minimum atomic E-state index is -0.581. The van der Waals surface area contributed by atoms with E-state index < -0.39 is 6.10 Å². The second kappa shape index (κ2) is 5.61. The monoisotopic (exact) mass is 305 g/mol. The zero-order valence-electron chi connectivity index (χ0n) is 12.1. The third-order valence-electron chi connectivity index (χ3n) is 4.08. The molecule has 6 heteroatoms. The summed E-state index contributed by atoms with van der Waals surface area (Å²) < 4.78 is 1.99. The van der Waals surface area contributed by atoms with Gasteiger partial charge in [-0.15, -0.1) is 11.3 Å². The molecule has 2 heterocycles. The van der Waals surface area contributed by atoms with Crippen molar-refractivity contribution in [1.82, 2.24) is 14.9 Å². The van der Waals surface area contributed by atoms with Crippen LogP contribution < -0.4 is 5.32 Å². The third-order valence-corrected chi connectivity index (χ3v) is 5.08. The molecule has 0 aliphatic heterocycles. The Kier molecular flexibility index (Phi) is 3.82. The first-order valence-electron chi connectivity index (χ1n) is 7.11. The van der Waals surface area contributed by atoms with Gasteiger partial charge in [-0.3, -0.25) is 4.79 Å². The first-order valence-corrected chi connectivity index (χ1v) is 7.92. The number of imidazole rings is 1. The number of nitrogens with one attached hydrogen (secondary N) is 1. The molecule has 0 saturated heterocycles. The molecule has 5 nitrogen and oxygen atoms in total. The molecule has 21 heavy (non-hydrogen) atoms. The molecule has 0 aromatic carbocycles. The number of aliphatic hydroxyl groups excluding tert-OH is 1. The van der Waals surface area contributed by atoms with Crippen LogP contribution in [0.2, 0.25) is 0 Å². The van der Waals surface area contributed by atoms with E-state index in [0.717, 1.165) is 23.5 Å². The maximum Gasteiger partial charge on any atom is 0.261 e. The summed E-state index contributed by atoms with van der Waals surface area (Å²) in [6.07, 6.45) is 4.66. The standard InChI is InChI=1S/C15H19N3O2S/c1-9-3-6-13(21-9)15(20)17-11-4-5-12(14(11)19)18-8-7-16-10(18)2/h3,6-8,11-12,14,19H,4-5H2,1-2H3,(H,17,20)/t11-,12-,14-/m1/s1. The molecule has 1 aliphatic carbocycles. The summed E-state index contributed by atoms with van der Waals surface area (Å²) in [6.45, 7) is 3.90. The zero-order valence-corrected chi connectivity index (χ0v) is 12.9. The highest BCUT2D eigenvalue weighted by Crippen LogP contribution is 2.31. The molecule has 0 spiro atoms. The van der Waals surface area contributed by atoms with Gasteiger partial charge in [-0.2, -0.15) is 0 Å². The van der Waals surface area contributed by atoms with Crippen LogP contribution in [0.15, 0.2) is 24.5 Å². The minimum absolute atomic E-state index is 0.0112. The van der Waals surface area contributed by atoms with E-state index in [4.69, 9.17) is 0 Å². The number of amides is 1. The number of hydrogen-bond donors (Lipinski definition) is 2. The summed E-state index contributed by atoms with van der Waals surface area (Å²) >= 11 is 1.47. The van der Waals surface area contributed by atoms with E-state index in [2.05, 4.69) is 10.3 Å². The van der Waals surface area contributed by atoms with Gasteiger partial charge in [0.2, 0.25) is 0 Å². The maximum atomic E-state index is 12.2. The Morgan fingerprint density at radius 2 is 2.24 bits per heavy atom. The van der Waals surface area contributed by atoms with E-state index in [9.17, 15) is 9.90 Å². The lowest BCUT2D eigenvalue weighted by molar-refractivity contribution is 0.0815. The van der Waals surface area contributed by atoms with Gasteiger partial charge in [0.25, 0.3) is 5.91 Å². The molecule has 0 unspecified atom stereocenters. The average Bonchev–Trinajstić information content (AvgIpc) is 3.13. The Morgan fingerprint density at radius 1 is 1.43 bits per heavy atom. The van der Waals surface area contributed by atoms with Crippen molar-refractivity contribution in [3.8, 4) is 0 Å². The SMILES string of the molecule is Cc1ccc(C(=O)N[C@@H]2CC[C@@H](n3ccnc3C)[C@@H]2O)s1. The van der Waals surface area contributed by atoms with Crippen molar-refractivity contribution in [2.45, 2.75) is 44.9 Å². The molecule has 1 aliphatic rings. The van der Waals surface area contributed by atoms with Gasteiger partial charge in [0.1, 0.15) is 5.82 Å². The van der Waals surface area contributed by atoms with Gasteiger partial charge in [0.05, 0.1) is 23.1 Å². The molecule has 2 aromatic heterocycles. The summed E-state index contributed by atoms with van der Waals surface area (Å²) in [5.74, 6) is 0.792. The Balaban J connectivity index is 1.68. The van der Waals surface area contributed by atoms with Gasteiger partial charge in [-0.1, -0.05) is 0 Å². The van der Waals surface area contributed by atoms with Crippen LogP contribution in [0.4, 0.5) is 0 Å². The highest BCUT2D eigenvalue weighted by atomic mass is 32.1. The van der Waals surface area contributed by atoms with E-state index in [0.29, 0.717) is 4.88 Å². The number of rotatable bonds is 3. The molecular formula is C15H19N3O2S. The van der Waals surface area contributed by atoms with Crippen LogP contribution in [0.5, 0.6) is 0 Å². The molecule has 3 rings (SSSR count). The highest BCUT2D eigenvalue weighted by molar-refractivity contribution is 7.13. The number of thiophene rings is 1. The van der Waals surface area contributed by atoms with Gasteiger partial charge in [0.15, 0.2) is 0 Å². The quantitative estimate of drug-likeness (QED) is 0.912. The Morgan fingerprint density at radius 3 is 2.86 bits per heavy atom. The van der Waals surface area contributed by atoms with Crippen molar-refractivity contribution in [3.63, 3.8) is 0 Å². The fourth-order valence-corrected chi connectivity index (χ4v) is 3.73. The van der Waals surface area contributed by atoms with Crippen LogP contribution in [-0.4, -0.2) is 32.7 Å². The molecule has 1 fully saturated rings. The number of nitrogens with zero attached hydrogens (tertiary/aromatic N) is 2. The minimum Gasteiger partial charge on any atom is -0.389 e. The van der Waals surface area contributed by atoms with Crippen LogP contribution in [0.3, 0.4) is 0 Å². The summed E-state index contributed by atoms with van der Waals surface area (Å²) in [6, 6.07) is 3.55. The predicted molar refractivity (Wildman–Crippen MR) is 81.6 cm³/mol. The van der Waals surface area contributed by atoms with Crippen molar-refractivity contribution in [2.75, 3.05) is 0 Å². The van der Waals surface area contributed by atoms with Crippen LogP contribution in [0, 0.1) is 13.8 Å². The molecule has 3 atom stereocenters. The van der Waals surface area contributed by atoms with Crippen LogP contribution >= 0.6 is 11.3 Å². The number of carbonyl (C=O) groups is 1. The van der Waals surface area contributed by atoms with Crippen molar-refractivity contribution < 1.29 is 9.90 Å². The van der Waals surface area contributed by atoms with E-state index >= 15 is 0 Å². The van der Waals surface area contributed by atoms with Crippen molar-refractivity contribution in [2.24, 2.45) is 0 Å². The number of carbonyl (C=O) groups excluding carboxylic acids is 1. The Hall–Kier alpha value is -1.66. The number of aryl methyl sites for hydroxylation is 2. The second-order valence-electron chi connectivity index (χ2n) is 5.51. The molecule has 1 saturated carbocycles.